The zero-order valence-electron chi connectivity index (χ0n) is 11.7. The van der Waals surface area contributed by atoms with Gasteiger partial charge >= 0.3 is 0 Å². The molecule has 3 rings (SSSR count). The van der Waals surface area contributed by atoms with Gasteiger partial charge in [0, 0.05) is 24.2 Å². The maximum Gasteiger partial charge on any atom is 0.245 e. The number of hydrogen-bond acceptors (Lipinski definition) is 4. The molecular weight excluding hydrogens is 309 g/mol. The van der Waals surface area contributed by atoms with E-state index in [2.05, 4.69) is 27.0 Å². The quantitative estimate of drug-likeness (QED) is 0.890. The fraction of sp³-hybridized carbons (Fsp3) is 0.429. The molecule has 1 aromatic heterocycles. The number of nitrogens with zero attached hydrogens (tertiary/aromatic N) is 3. The molecule has 5 nitrogen and oxygen atoms in total. The first kappa shape index (κ1) is 14.6. The highest BCUT2D eigenvalue weighted by Crippen LogP contribution is 2.28. The van der Waals surface area contributed by atoms with Crippen molar-refractivity contribution in [1.29, 1.82) is 0 Å². The Balaban J connectivity index is 1.87. The van der Waals surface area contributed by atoms with Gasteiger partial charge in [-0.05, 0) is 38.0 Å². The zero-order valence-corrected chi connectivity index (χ0v) is 13.2. The number of piperidine rings is 1. The maximum absolute atomic E-state index is 6.12. The molecule has 0 amide bonds. The number of rotatable bonds is 2. The average Bonchev–Trinajstić information content (AvgIpc) is 2.94. The Hall–Kier alpha value is -1.30. The Morgan fingerprint density at radius 3 is 2.90 bits per heavy atom. The highest BCUT2D eigenvalue weighted by molar-refractivity contribution is 6.42. The molecule has 2 unspecified atom stereocenters. The number of benzene rings is 1. The topological polar surface area (TPSA) is 70.8 Å². The molecule has 1 aromatic carbocycles. The summed E-state index contributed by atoms with van der Waals surface area (Å²) in [5, 5.41) is 8.29. The Labute approximate surface area is 133 Å². The number of aromatic amines is 1. The van der Waals surface area contributed by atoms with Crippen molar-refractivity contribution in [2.24, 2.45) is 5.73 Å². The second-order valence-electron chi connectivity index (χ2n) is 5.35. The maximum atomic E-state index is 6.12. The summed E-state index contributed by atoms with van der Waals surface area (Å²) in [5.41, 5.74) is 6.98. The van der Waals surface area contributed by atoms with Gasteiger partial charge in [-0.1, -0.05) is 23.2 Å². The van der Waals surface area contributed by atoms with Crippen molar-refractivity contribution >= 4 is 29.2 Å². The van der Waals surface area contributed by atoms with Crippen LogP contribution in [0.5, 0.6) is 0 Å². The monoisotopic (exact) mass is 325 g/mol. The lowest BCUT2D eigenvalue weighted by molar-refractivity contribution is 0.416. The lowest BCUT2D eigenvalue weighted by Gasteiger charge is -2.36. The highest BCUT2D eigenvalue weighted by atomic mass is 35.5. The Kier molecular flexibility index (Phi) is 4.06. The van der Waals surface area contributed by atoms with Crippen LogP contribution in [0.25, 0.3) is 11.4 Å². The standard InChI is InChI=1S/C14H17Cl2N5/c1-8-12(17)3-2-6-21(8)14-18-13(19-20-14)9-4-5-10(15)11(16)7-9/h4-5,7-8,12H,2-3,6,17H2,1H3,(H,18,19,20). The molecule has 0 aliphatic carbocycles. The van der Waals surface area contributed by atoms with Gasteiger partial charge < -0.3 is 10.6 Å². The van der Waals surface area contributed by atoms with Crippen LogP contribution in [0.2, 0.25) is 10.0 Å². The lowest BCUT2D eigenvalue weighted by Crippen LogP contribution is -2.50. The summed E-state index contributed by atoms with van der Waals surface area (Å²) in [6, 6.07) is 5.78. The number of nitrogens with two attached hydrogens (primary N) is 1. The van der Waals surface area contributed by atoms with Crippen LogP contribution in [-0.2, 0) is 0 Å². The molecule has 0 saturated carbocycles. The number of halogens is 2. The predicted octanol–water partition coefficient (Wildman–Crippen LogP) is 3.09. The van der Waals surface area contributed by atoms with Crippen molar-refractivity contribution in [2.45, 2.75) is 31.8 Å². The van der Waals surface area contributed by atoms with Crippen LogP contribution in [0, 0.1) is 0 Å². The number of hydrogen-bond donors (Lipinski definition) is 2. The number of H-pyrrole nitrogens is 1. The van der Waals surface area contributed by atoms with Gasteiger partial charge in [0.1, 0.15) is 0 Å². The van der Waals surface area contributed by atoms with Crippen molar-refractivity contribution in [3.8, 4) is 11.4 Å². The normalized spacial score (nSPS) is 22.6. The minimum absolute atomic E-state index is 0.158. The number of aromatic nitrogens is 3. The van der Waals surface area contributed by atoms with Crippen molar-refractivity contribution in [3.63, 3.8) is 0 Å². The van der Waals surface area contributed by atoms with Gasteiger partial charge in [-0.25, -0.2) is 0 Å². The van der Waals surface area contributed by atoms with E-state index >= 15 is 0 Å². The molecular formula is C14H17Cl2N5. The largest absolute Gasteiger partial charge is 0.335 e. The zero-order chi connectivity index (χ0) is 15.0. The van der Waals surface area contributed by atoms with Crippen LogP contribution in [-0.4, -0.2) is 33.8 Å². The van der Waals surface area contributed by atoms with Crippen LogP contribution in [0.4, 0.5) is 5.95 Å². The molecule has 3 N–H and O–H groups in total. The molecule has 7 heteroatoms. The Morgan fingerprint density at radius 2 is 2.14 bits per heavy atom. The van der Waals surface area contributed by atoms with Gasteiger partial charge in [0.15, 0.2) is 5.82 Å². The van der Waals surface area contributed by atoms with E-state index in [0.29, 0.717) is 21.8 Å². The molecule has 2 heterocycles. The second-order valence-corrected chi connectivity index (χ2v) is 6.17. The summed E-state index contributed by atoms with van der Waals surface area (Å²) in [7, 11) is 0. The van der Waals surface area contributed by atoms with Crippen molar-refractivity contribution < 1.29 is 0 Å². The molecule has 1 aliphatic rings. The summed E-state index contributed by atoms with van der Waals surface area (Å²) < 4.78 is 0. The van der Waals surface area contributed by atoms with E-state index in [0.717, 1.165) is 24.9 Å². The summed E-state index contributed by atoms with van der Waals surface area (Å²) in [5.74, 6) is 1.36. The molecule has 2 aromatic rings. The molecule has 0 radical (unpaired) electrons. The van der Waals surface area contributed by atoms with Gasteiger partial charge in [-0.15, -0.1) is 5.10 Å². The third-order valence-electron chi connectivity index (χ3n) is 3.97. The molecule has 0 spiro atoms. The Morgan fingerprint density at radius 1 is 1.33 bits per heavy atom. The Bertz CT molecular complexity index is 642. The van der Waals surface area contributed by atoms with Crippen molar-refractivity contribution in [3.05, 3.63) is 28.2 Å². The van der Waals surface area contributed by atoms with Crippen LogP contribution in [0.3, 0.4) is 0 Å². The first-order valence-corrected chi connectivity index (χ1v) is 7.72. The smallest absolute Gasteiger partial charge is 0.245 e. The fourth-order valence-electron chi connectivity index (χ4n) is 2.61. The van der Waals surface area contributed by atoms with Crippen LogP contribution in [0.1, 0.15) is 19.8 Å². The number of nitrogens with one attached hydrogen (secondary N) is 1. The second kappa shape index (κ2) is 5.83. The van der Waals surface area contributed by atoms with Gasteiger partial charge in [0.05, 0.1) is 10.0 Å². The number of anilines is 1. The molecule has 1 fully saturated rings. The molecule has 2 atom stereocenters. The van der Waals surface area contributed by atoms with Crippen LogP contribution < -0.4 is 10.6 Å². The van der Waals surface area contributed by atoms with E-state index in [1.54, 1.807) is 12.1 Å². The third-order valence-corrected chi connectivity index (χ3v) is 4.71. The molecule has 1 saturated heterocycles. The molecule has 0 bridgehead atoms. The highest BCUT2D eigenvalue weighted by Gasteiger charge is 2.27. The van der Waals surface area contributed by atoms with Gasteiger partial charge in [-0.3, -0.25) is 5.10 Å². The van der Waals surface area contributed by atoms with Crippen LogP contribution in [0.15, 0.2) is 18.2 Å². The fourth-order valence-corrected chi connectivity index (χ4v) is 2.91. The van der Waals surface area contributed by atoms with Crippen molar-refractivity contribution in [2.75, 3.05) is 11.4 Å². The molecule has 21 heavy (non-hydrogen) atoms. The van der Waals surface area contributed by atoms with E-state index in [9.17, 15) is 0 Å². The minimum Gasteiger partial charge on any atom is -0.335 e. The SMILES string of the molecule is CC1C(N)CCCN1c1n[nH]c(-c2ccc(Cl)c(Cl)c2)n1. The predicted molar refractivity (Wildman–Crippen MR) is 85.9 cm³/mol. The van der Waals surface area contributed by atoms with E-state index in [-0.39, 0.29) is 12.1 Å². The summed E-state index contributed by atoms with van der Waals surface area (Å²) in [4.78, 5) is 6.71. The van der Waals surface area contributed by atoms with Gasteiger partial charge in [0.25, 0.3) is 0 Å². The summed E-state index contributed by atoms with van der Waals surface area (Å²) >= 11 is 12.0. The minimum atomic E-state index is 0.158. The summed E-state index contributed by atoms with van der Waals surface area (Å²) in [6.07, 6.45) is 2.10. The first-order chi connectivity index (χ1) is 10.1. The third kappa shape index (κ3) is 2.86. The summed E-state index contributed by atoms with van der Waals surface area (Å²) in [6.45, 7) is 3.03. The molecule has 112 valence electrons. The van der Waals surface area contributed by atoms with E-state index in [1.807, 2.05) is 6.07 Å². The average molecular weight is 326 g/mol. The molecule has 1 aliphatic heterocycles. The van der Waals surface area contributed by atoms with Gasteiger partial charge in [-0.2, -0.15) is 4.98 Å². The van der Waals surface area contributed by atoms with E-state index < -0.39 is 0 Å². The van der Waals surface area contributed by atoms with Crippen LogP contribution >= 0.6 is 23.2 Å². The first-order valence-electron chi connectivity index (χ1n) is 6.96. The van der Waals surface area contributed by atoms with E-state index in [1.165, 1.54) is 0 Å². The lowest BCUT2D eigenvalue weighted by atomic mass is 9.99. The van der Waals surface area contributed by atoms with Gasteiger partial charge in [0.2, 0.25) is 5.95 Å². The van der Waals surface area contributed by atoms with Crippen molar-refractivity contribution in [1.82, 2.24) is 15.2 Å². The van der Waals surface area contributed by atoms with E-state index in [4.69, 9.17) is 28.9 Å².